The molecule has 0 aliphatic heterocycles. The van der Waals surface area contributed by atoms with Crippen molar-refractivity contribution in [1.82, 2.24) is 10.2 Å². The normalized spacial score (nSPS) is 11.6. The van der Waals surface area contributed by atoms with Gasteiger partial charge < -0.3 is 15.3 Å². The van der Waals surface area contributed by atoms with E-state index in [9.17, 15) is 19.5 Å². The molecular formula is C22H26N2O4. The number of rotatable bonds is 7. The van der Waals surface area contributed by atoms with Crippen molar-refractivity contribution in [3.63, 3.8) is 0 Å². The molecular weight excluding hydrogens is 356 g/mol. The molecule has 2 rings (SSSR count). The number of carboxylic acids is 1. The van der Waals surface area contributed by atoms with E-state index in [1.54, 1.807) is 29.2 Å². The second-order valence-electron chi connectivity index (χ2n) is 6.64. The van der Waals surface area contributed by atoms with Gasteiger partial charge in [0.1, 0.15) is 0 Å². The number of hydrogen-bond donors (Lipinski definition) is 2. The minimum Gasteiger partial charge on any atom is -0.479 e. The zero-order valence-electron chi connectivity index (χ0n) is 16.7. The first-order chi connectivity index (χ1) is 13.3. The Hall–Kier alpha value is -3.15. The van der Waals surface area contributed by atoms with E-state index in [2.05, 4.69) is 5.32 Å². The predicted octanol–water partition coefficient (Wildman–Crippen LogP) is 3.34. The molecule has 1 unspecified atom stereocenters. The first kappa shape index (κ1) is 21.2. The zero-order valence-corrected chi connectivity index (χ0v) is 16.7. The predicted molar refractivity (Wildman–Crippen MR) is 107 cm³/mol. The molecule has 0 saturated carbocycles. The Balaban J connectivity index is 2.19. The van der Waals surface area contributed by atoms with Gasteiger partial charge >= 0.3 is 5.97 Å². The van der Waals surface area contributed by atoms with E-state index in [0.717, 1.165) is 11.1 Å². The van der Waals surface area contributed by atoms with Gasteiger partial charge in [-0.25, -0.2) is 4.79 Å². The number of aryl methyl sites for hydroxylation is 2. The number of nitrogens with one attached hydrogen (secondary N) is 1. The molecule has 0 spiro atoms. The Labute approximate surface area is 165 Å². The average Bonchev–Trinajstić information content (AvgIpc) is 2.69. The second kappa shape index (κ2) is 9.17. The van der Waals surface area contributed by atoms with Crippen LogP contribution in [0.2, 0.25) is 0 Å². The third kappa shape index (κ3) is 4.76. The van der Waals surface area contributed by atoms with Gasteiger partial charge in [-0.1, -0.05) is 18.2 Å². The quantitative estimate of drug-likeness (QED) is 0.769. The lowest BCUT2D eigenvalue weighted by molar-refractivity contribution is -0.139. The minimum absolute atomic E-state index is 0.101. The van der Waals surface area contributed by atoms with Crippen LogP contribution in [0.25, 0.3) is 0 Å². The highest BCUT2D eigenvalue weighted by molar-refractivity contribution is 5.99. The van der Waals surface area contributed by atoms with Gasteiger partial charge in [0.15, 0.2) is 6.04 Å². The smallest absolute Gasteiger partial charge is 0.330 e. The summed E-state index contributed by atoms with van der Waals surface area (Å²) in [5, 5.41) is 12.1. The Morgan fingerprint density at radius 1 is 0.929 bits per heavy atom. The molecule has 2 aromatic rings. The molecule has 6 heteroatoms. The molecule has 0 saturated heterocycles. The topological polar surface area (TPSA) is 86.7 Å². The van der Waals surface area contributed by atoms with E-state index < -0.39 is 17.9 Å². The second-order valence-corrected chi connectivity index (χ2v) is 6.64. The largest absolute Gasteiger partial charge is 0.479 e. The van der Waals surface area contributed by atoms with Gasteiger partial charge in [-0.15, -0.1) is 0 Å². The van der Waals surface area contributed by atoms with Crippen LogP contribution in [0.15, 0.2) is 42.5 Å². The van der Waals surface area contributed by atoms with Crippen molar-refractivity contribution in [2.24, 2.45) is 0 Å². The standard InChI is InChI=1S/C22H26N2O4/c1-5-24(6-2)21(26)17-11-9-16(10-12-17)20(25)23-19(22(27)28)18-8-7-14(3)15(4)13-18/h7-13,19H,5-6H2,1-4H3,(H,23,25)(H,27,28). The number of aliphatic carboxylic acids is 1. The summed E-state index contributed by atoms with van der Waals surface area (Å²) in [6.45, 7) is 8.85. The summed E-state index contributed by atoms with van der Waals surface area (Å²) in [6, 6.07) is 10.4. The summed E-state index contributed by atoms with van der Waals surface area (Å²) >= 11 is 0. The zero-order chi connectivity index (χ0) is 20.8. The molecule has 28 heavy (non-hydrogen) atoms. The Morgan fingerprint density at radius 2 is 1.50 bits per heavy atom. The summed E-state index contributed by atoms with van der Waals surface area (Å²) in [7, 11) is 0. The maximum atomic E-state index is 12.5. The van der Waals surface area contributed by atoms with Gasteiger partial charge in [-0.2, -0.15) is 0 Å². The fraction of sp³-hybridized carbons (Fsp3) is 0.318. The molecule has 1 atom stereocenters. The molecule has 0 bridgehead atoms. The van der Waals surface area contributed by atoms with Crippen LogP contribution < -0.4 is 5.32 Å². The van der Waals surface area contributed by atoms with Crippen molar-refractivity contribution in [2.45, 2.75) is 33.7 Å². The average molecular weight is 382 g/mol. The maximum Gasteiger partial charge on any atom is 0.330 e. The molecule has 0 heterocycles. The Morgan fingerprint density at radius 3 is 2.00 bits per heavy atom. The van der Waals surface area contributed by atoms with Crippen molar-refractivity contribution < 1.29 is 19.5 Å². The highest BCUT2D eigenvalue weighted by Gasteiger charge is 2.23. The molecule has 2 N–H and O–H groups in total. The Kier molecular flexibility index (Phi) is 6.93. The van der Waals surface area contributed by atoms with Crippen molar-refractivity contribution >= 4 is 17.8 Å². The van der Waals surface area contributed by atoms with E-state index in [4.69, 9.17) is 0 Å². The van der Waals surface area contributed by atoms with Gasteiger partial charge in [-0.05, 0) is 68.7 Å². The third-order valence-corrected chi connectivity index (χ3v) is 4.83. The molecule has 0 aliphatic carbocycles. The van der Waals surface area contributed by atoms with Gasteiger partial charge in [0, 0.05) is 24.2 Å². The summed E-state index contributed by atoms with van der Waals surface area (Å²) in [5.41, 5.74) is 3.30. The van der Waals surface area contributed by atoms with Gasteiger partial charge in [0.05, 0.1) is 0 Å². The molecule has 6 nitrogen and oxygen atoms in total. The van der Waals surface area contributed by atoms with Gasteiger partial charge in [0.2, 0.25) is 0 Å². The monoisotopic (exact) mass is 382 g/mol. The number of benzene rings is 2. The number of carboxylic acid groups (broad SMARTS) is 1. The van der Waals surface area contributed by atoms with E-state index in [1.807, 2.05) is 33.8 Å². The number of carbonyl (C=O) groups excluding carboxylic acids is 2. The maximum absolute atomic E-state index is 12.5. The first-order valence-corrected chi connectivity index (χ1v) is 9.28. The van der Waals surface area contributed by atoms with Crippen LogP contribution in [0.3, 0.4) is 0 Å². The lowest BCUT2D eigenvalue weighted by atomic mass is 10.0. The lowest BCUT2D eigenvalue weighted by Crippen LogP contribution is -2.34. The number of amides is 2. The molecule has 0 aromatic heterocycles. The van der Waals surface area contributed by atoms with Crippen LogP contribution in [-0.4, -0.2) is 40.9 Å². The van der Waals surface area contributed by atoms with Crippen LogP contribution in [0.5, 0.6) is 0 Å². The summed E-state index contributed by atoms with van der Waals surface area (Å²) in [5.74, 6) is -1.74. The highest BCUT2D eigenvalue weighted by atomic mass is 16.4. The molecule has 0 aliphatic rings. The van der Waals surface area contributed by atoms with Crippen LogP contribution in [0, 0.1) is 13.8 Å². The van der Waals surface area contributed by atoms with Crippen LogP contribution >= 0.6 is 0 Å². The lowest BCUT2D eigenvalue weighted by Gasteiger charge is -2.19. The van der Waals surface area contributed by atoms with Gasteiger partial charge in [-0.3, -0.25) is 9.59 Å². The molecule has 0 radical (unpaired) electrons. The summed E-state index contributed by atoms with van der Waals surface area (Å²) in [4.78, 5) is 38.3. The van der Waals surface area contributed by atoms with E-state index in [-0.39, 0.29) is 5.91 Å². The van der Waals surface area contributed by atoms with Crippen LogP contribution in [-0.2, 0) is 4.79 Å². The van der Waals surface area contributed by atoms with Crippen LogP contribution in [0.1, 0.15) is 57.3 Å². The van der Waals surface area contributed by atoms with Crippen molar-refractivity contribution in [3.05, 3.63) is 70.3 Å². The van der Waals surface area contributed by atoms with E-state index in [1.165, 1.54) is 12.1 Å². The minimum atomic E-state index is -1.15. The third-order valence-electron chi connectivity index (χ3n) is 4.83. The summed E-state index contributed by atoms with van der Waals surface area (Å²) < 4.78 is 0. The fourth-order valence-corrected chi connectivity index (χ4v) is 2.90. The molecule has 148 valence electrons. The Bertz CT molecular complexity index is 871. The highest BCUT2D eigenvalue weighted by Crippen LogP contribution is 2.18. The number of nitrogens with zero attached hydrogens (tertiary/aromatic N) is 1. The van der Waals surface area contributed by atoms with E-state index in [0.29, 0.717) is 29.8 Å². The fourth-order valence-electron chi connectivity index (χ4n) is 2.90. The molecule has 2 aromatic carbocycles. The van der Waals surface area contributed by atoms with Gasteiger partial charge in [0.25, 0.3) is 11.8 Å². The van der Waals surface area contributed by atoms with Crippen molar-refractivity contribution in [2.75, 3.05) is 13.1 Å². The summed E-state index contributed by atoms with van der Waals surface area (Å²) in [6.07, 6.45) is 0. The van der Waals surface area contributed by atoms with Crippen LogP contribution in [0.4, 0.5) is 0 Å². The first-order valence-electron chi connectivity index (χ1n) is 9.28. The SMILES string of the molecule is CCN(CC)C(=O)c1ccc(C(=O)NC(C(=O)O)c2ccc(C)c(C)c2)cc1. The van der Waals surface area contributed by atoms with Crippen molar-refractivity contribution in [3.8, 4) is 0 Å². The molecule has 2 amide bonds. The number of hydrogen-bond acceptors (Lipinski definition) is 3. The van der Waals surface area contributed by atoms with E-state index >= 15 is 0 Å². The van der Waals surface area contributed by atoms with Crippen molar-refractivity contribution in [1.29, 1.82) is 0 Å². The number of carbonyl (C=O) groups is 3. The molecule has 0 fully saturated rings.